The molecule has 17 heteroatoms. The molecule has 4 atom stereocenters. The van der Waals surface area contributed by atoms with Crippen molar-refractivity contribution in [3.8, 4) is 0 Å². The lowest BCUT2D eigenvalue weighted by Gasteiger charge is -2.27. The lowest BCUT2D eigenvalue weighted by molar-refractivity contribution is -0.134. The van der Waals surface area contributed by atoms with Crippen molar-refractivity contribution in [2.45, 2.75) is 76.5 Å². The lowest BCUT2D eigenvalue weighted by Crippen LogP contribution is -2.58. The Morgan fingerprint density at radius 1 is 0.702 bits per heavy atom. The lowest BCUT2D eigenvalue weighted by atomic mass is 10.0. The summed E-state index contributed by atoms with van der Waals surface area (Å²) in [5, 5.41) is 10.9. The van der Waals surface area contributed by atoms with Gasteiger partial charge >= 0.3 is 0 Å². The highest BCUT2D eigenvalue weighted by atomic mass is 19.1. The normalized spacial score (nSPS) is 13.1. The van der Waals surface area contributed by atoms with E-state index in [-0.39, 0.29) is 44.1 Å². The number of hydrogen-bond acceptors (Lipinski definition) is 7. The number of nitrogens with zero attached hydrogens (tertiary/aromatic N) is 4. The standard InChI is InChI=1S/C40H60FN11O5/c1-26(2)24-32(37(56)48-30(35(42)54)14-10-22-45-39(43)44)50-36(55)31(15-11-23-46-40(51(3)4)52(5)6)49-38(57)33(25-28-16-19-29(41)20-17-28)47-34(53)21-18-27-12-8-7-9-13-27/h7-9,12-13,16-21,26,30-33H,10-11,14-15,22-25H2,1-6H3,(H2,42,54)(H,47,53)(H,48,56)(H,49,57)(H,50,55)(H4,43,44,45)/b21-18+/t30-,31-,32-,33-/m0/s1. The molecule has 0 spiro atoms. The number of primary amides is 1. The summed E-state index contributed by atoms with van der Waals surface area (Å²) in [6, 6.07) is 10.1. The van der Waals surface area contributed by atoms with Gasteiger partial charge in [-0.3, -0.25) is 34.0 Å². The average Bonchev–Trinajstić information content (AvgIpc) is 3.14. The monoisotopic (exact) mass is 793 g/mol. The first kappa shape index (κ1) is 47.2. The summed E-state index contributed by atoms with van der Waals surface area (Å²) in [4.78, 5) is 79.3. The molecule has 0 unspecified atom stereocenters. The van der Waals surface area contributed by atoms with Gasteiger partial charge in [0.05, 0.1) is 0 Å². The molecule has 0 fully saturated rings. The van der Waals surface area contributed by atoms with Gasteiger partial charge in [0.1, 0.15) is 30.0 Å². The second-order valence-corrected chi connectivity index (χ2v) is 14.4. The zero-order chi connectivity index (χ0) is 42.5. The van der Waals surface area contributed by atoms with Gasteiger partial charge in [-0.25, -0.2) is 4.39 Å². The third-order valence-electron chi connectivity index (χ3n) is 8.50. The molecule has 10 N–H and O–H groups in total. The summed E-state index contributed by atoms with van der Waals surface area (Å²) < 4.78 is 13.8. The minimum atomic E-state index is -1.17. The predicted molar refractivity (Wildman–Crippen MR) is 221 cm³/mol. The first-order chi connectivity index (χ1) is 27.0. The number of nitrogens with two attached hydrogens (primary N) is 3. The molecular formula is C40H60FN11O5. The molecule has 0 bridgehead atoms. The maximum absolute atomic E-state index is 14.1. The molecule has 312 valence electrons. The topological polar surface area (TPSA) is 243 Å². The number of carbonyl (C=O) groups excluding carboxylic acids is 5. The van der Waals surface area contributed by atoms with E-state index in [0.29, 0.717) is 30.9 Å². The number of hydrogen-bond donors (Lipinski definition) is 7. The Hall–Kier alpha value is -6.00. The number of benzene rings is 2. The molecule has 0 aromatic heterocycles. The second kappa shape index (κ2) is 24.5. The van der Waals surface area contributed by atoms with Crippen LogP contribution >= 0.6 is 0 Å². The van der Waals surface area contributed by atoms with E-state index >= 15 is 0 Å². The van der Waals surface area contributed by atoms with E-state index in [1.54, 1.807) is 6.08 Å². The Kier molecular flexibility index (Phi) is 20.3. The highest BCUT2D eigenvalue weighted by Crippen LogP contribution is 2.11. The van der Waals surface area contributed by atoms with Crippen LogP contribution in [0.3, 0.4) is 0 Å². The van der Waals surface area contributed by atoms with Gasteiger partial charge in [0.15, 0.2) is 11.9 Å². The van der Waals surface area contributed by atoms with Gasteiger partial charge in [-0.2, -0.15) is 0 Å². The minimum absolute atomic E-state index is 0.0131. The smallest absolute Gasteiger partial charge is 0.244 e. The molecular weight excluding hydrogens is 734 g/mol. The van der Waals surface area contributed by atoms with Crippen LogP contribution in [-0.4, -0.2) is 117 Å². The summed E-state index contributed by atoms with van der Waals surface area (Å²) in [5.41, 5.74) is 17.7. The third kappa shape index (κ3) is 18.5. The number of amides is 5. The number of nitrogens with one attached hydrogen (secondary N) is 4. The molecule has 2 aromatic carbocycles. The van der Waals surface area contributed by atoms with E-state index in [1.165, 1.54) is 30.3 Å². The van der Waals surface area contributed by atoms with Crippen LogP contribution in [0.5, 0.6) is 0 Å². The highest BCUT2D eigenvalue weighted by Gasteiger charge is 2.31. The molecule has 0 heterocycles. The fraction of sp³-hybridized carbons (Fsp3) is 0.475. The molecule has 57 heavy (non-hydrogen) atoms. The van der Waals surface area contributed by atoms with Gasteiger partial charge in [0.2, 0.25) is 29.5 Å². The van der Waals surface area contributed by atoms with E-state index in [4.69, 9.17) is 17.2 Å². The largest absolute Gasteiger partial charge is 0.370 e. The Balaban J connectivity index is 2.40. The van der Waals surface area contributed by atoms with Gasteiger partial charge in [0, 0.05) is 53.8 Å². The Bertz CT molecular complexity index is 1680. The van der Waals surface area contributed by atoms with Crippen molar-refractivity contribution < 1.29 is 28.4 Å². The molecule has 16 nitrogen and oxygen atoms in total. The summed E-state index contributed by atoms with van der Waals surface area (Å²) in [5.74, 6) is -3.24. The minimum Gasteiger partial charge on any atom is -0.370 e. The van der Waals surface area contributed by atoms with Gasteiger partial charge in [-0.05, 0) is 67.4 Å². The second-order valence-electron chi connectivity index (χ2n) is 14.4. The predicted octanol–water partition coefficient (Wildman–Crippen LogP) is 0.865. The van der Waals surface area contributed by atoms with Crippen molar-refractivity contribution in [3.05, 3.63) is 77.6 Å². The Morgan fingerprint density at radius 2 is 1.23 bits per heavy atom. The van der Waals surface area contributed by atoms with Crippen molar-refractivity contribution in [1.29, 1.82) is 0 Å². The molecule has 2 rings (SSSR count). The number of aliphatic imine (C=N–C) groups is 2. The van der Waals surface area contributed by atoms with E-state index in [9.17, 15) is 28.4 Å². The van der Waals surface area contributed by atoms with Crippen LogP contribution in [0.4, 0.5) is 4.39 Å². The maximum Gasteiger partial charge on any atom is 0.244 e. The van der Waals surface area contributed by atoms with Gasteiger partial charge in [0.25, 0.3) is 0 Å². The van der Waals surface area contributed by atoms with E-state index in [0.717, 1.165) is 5.56 Å². The zero-order valence-corrected chi connectivity index (χ0v) is 33.8. The van der Waals surface area contributed by atoms with Crippen LogP contribution in [0.15, 0.2) is 70.7 Å². The summed E-state index contributed by atoms with van der Waals surface area (Å²) in [6.07, 6.45) is 4.07. The van der Waals surface area contributed by atoms with Crippen molar-refractivity contribution in [3.63, 3.8) is 0 Å². The Morgan fingerprint density at radius 3 is 1.79 bits per heavy atom. The number of halogens is 1. The molecule has 0 aliphatic carbocycles. The number of guanidine groups is 2. The number of rotatable bonds is 22. The van der Waals surface area contributed by atoms with Crippen molar-refractivity contribution in [2.24, 2.45) is 33.1 Å². The fourth-order valence-electron chi connectivity index (χ4n) is 5.76. The van der Waals surface area contributed by atoms with E-state index < -0.39 is 59.5 Å². The van der Waals surface area contributed by atoms with Gasteiger partial charge in [-0.1, -0.05) is 56.3 Å². The molecule has 0 radical (unpaired) electrons. The molecule has 0 saturated carbocycles. The summed E-state index contributed by atoms with van der Waals surface area (Å²) >= 11 is 0. The van der Waals surface area contributed by atoms with Crippen LogP contribution in [0, 0.1) is 11.7 Å². The van der Waals surface area contributed by atoms with E-state index in [1.807, 2.05) is 82.2 Å². The summed E-state index contributed by atoms with van der Waals surface area (Å²) in [7, 11) is 7.42. The quantitative estimate of drug-likeness (QED) is 0.0387. The van der Waals surface area contributed by atoms with Crippen LogP contribution < -0.4 is 38.5 Å². The zero-order valence-electron chi connectivity index (χ0n) is 33.8. The van der Waals surface area contributed by atoms with Crippen LogP contribution in [-0.2, 0) is 30.4 Å². The average molecular weight is 794 g/mol. The van der Waals surface area contributed by atoms with Crippen LogP contribution in [0.1, 0.15) is 57.1 Å². The summed E-state index contributed by atoms with van der Waals surface area (Å²) in [6.45, 7) is 4.26. The molecule has 0 aliphatic heterocycles. The van der Waals surface area contributed by atoms with Crippen LogP contribution in [0.2, 0.25) is 0 Å². The molecule has 2 aromatic rings. The molecule has 0 saturated heterocycles. The number of carbonyl (C=O) groups is 5. The van der Waals surface area contributed by atoms with Crippen LogP contribution in [0.25, 0.3) is 6.08 Å². The van der Waals surface area contributed by atoms with Crippen molar-refractivity contribution >= 4 is 47.5 Å². The first-order valence-electron chi connectivity index (χ1n) is 18.9. The first-order valence-corrected chi connectivity index (χ1v) is 18.9. The Labute approximate surface area is 335 Å². The third-order valence-corrected chi connectivity index (χ3v) is 8.50. The maximum atomic E-state index is 14.1. The van der Waals surface area contributed by atoms with Gasteiger partial charge in [-0.15, -0.1) is 0 Å². The highest BCUT2D eigenvalue weighted by molar-refractivity contribution is 5.98. The van der Waals surface area contributed by atoms with Crippen molar-refractivity contribution in [1.82, 2.24) is 31.1 Å². The molecule has 5 amide bonds. The van der Waals surface area contributed by atoms with E-state index in [2.05, 4.69) is 31.3 Å². The van der Waals surface area contributed by atoms with Gasteiger partial charge < -0.3 is 48.3 Å². The fourth-order valence-corrected chi connectivity index (χ4v) is 5.76. The SMILES string of the molecule is CC(C)C[C@H](NC(=O)[C@H](CCCN=C(N(C)C)N(C)C)NC(=O)[C@H](Cc1ccc(F)cc1)NC(=O)/C=C/c1ccccc1)C(=O)N[C@@H](CCCN=C(N)N)C(N)=O. The van der Waals surface area contributed by atoms with Crippen molar-refractivity contribution in [2.75, 3.05) is 41.3 Å². The molecule has 0 aliphatic rings.